The molecular formula is C12H17BrN2O3. The van der Waals surface area contributed by atoms with Gasteiger partial charge in [0, 0.05) is 34.4 Å². The summed E-state index contributed by atoms with van der Waals surface area (Å²) in [5.41, 5.74) is 1.57. The molecule has 0 aliphatic heterocycles. The van der Waals surface area contributed by atoms with Crippen molar-refractivity contribution in [1.82, 2.24) is 0 Å². The van der Waals surface area contributed by atoms with Gasteiger partial charge in [0.05, 0.1) is 4.92 Å². The SMILES string of the molecule is Cc1cc(NC(C)CCCO)c(Br)cc1[N+](=O)[O-]. The van der Waals surface area contributed by atoms with Crippen molar-refractivity contribution in [2.45, 2.75) is 32.7 Å². The number of aryl methyl sites for hydroxylation is 1. The summed E-state index contributed by atoms with van der Waals surface area (Å²) < 4.78 is 0.677. The van der Waals surface area contributed by atoms with Crippen LogP contribution in [0, 0.1) is 17.0 Å². The van der Waals surface area contributed by atoms with Crippen LogP contribution in [0.1, 0.15) is 25.3 Å². The molecule has 1 aromatic rings. The highest BCUT2D eigenvalue weighted by Crippen LogP contribution is 2.31. The number of nitro groups is 1. The molecule has 1 atom stereocenters. The average molecular weight is 317 g/mol. The molecule has 5 nitrogen and oxygen atoms in total. The molecule has 0 bridgehead atoms. The molecule has 0 aromatic heterocycles. The Morgan fingerprint density at radius 2 is 2.22 bits per heavy atom. The normalized spacial score (nSPS) is 12.2. The van der Waals surface area contributed by atoms with Crippen molar-refractivity contribution in [2.75, 3.05) is 11.9 Å². The van der Waals surface area contributed by atoms with Gasteiger partial charge in [0.2, 0.25) is 0 Å². The molecule has 0 saturated heterocycles. The average Bonchev–Trinajstić information content (AvgIpc) is 2.30. The van der Waals surface area contributed by atoms with Crippen molar-refractivity contribution in [3.8, 4) is 0 Å². The largest absolute Gasteiger partial charge is 0.396 e. The van der Waals surface area contributed by atoms with Crippen LogP contribution < -0.4 is 5.32 Å². The van der Waals surface area contributed by atoms with Crippen molar-refractivity contribution in [3.05, 3.63) is 32.3 Å². The molecule has 6 heteroatoms. The van der Waals surface area contributed by atoms with Crippen molar-refractivity contribution >= 4 is 27.3 Å². The Kier molecular flexibility index (Phi) is 5.55. The number of hydrogen-bond acceptors (Lipinski definition) is 4. The zero-order valence-electron chi connectivity index (χ0n) is 10.4. The van der Waals surface area contributed by atoms with Gasteiger partial charge in [-0.15, -0.1) is 0 Å². The second kappa shape index (κ2) is 6.70. The number of halogens is 1. The Balaban J connectivity index is 2.84. The van der Waals surface area contributed by atoms with Gasteiger partial charge in [0.25, 0.3) is 5.69 Å². The smallest absolute Gasteiger partial charge is 0.273 e. The van der Waals surface area contributed by atoms with Gasteiger partial charge >= 0.3 is 0 Å². The Hall–Kier alpha value is -1.14. The van der Waals surface area contributed by atoms with Gasteiger partial charge < -0.3 is 10.4 Å². The number of nitro benzene ring substituents is 1. The van der Waals surface area contributed by atoms with Crippen LogP contribution in [-0.4, -0.2) is 22.7 Å². The molecule has 0 amide bonds. The number of hydrogen-bond donors (Lipinski definition) is 2. The van der Waals surface area contributed by atoms with Crippen molar-refractivity contribution in [2.24, 2.45) is 0 Å². The zero-order valence-corrected chi connectivity index (χ0v) is 12.0. The summed E-state index contributed by atoms with van der Waals surface area (Å²) in [4.78, 5) is 10.4. The summed E-state index contributed by atoms with van der Waals surface area (Å²) >= 11 is 3.33. The first-order valence-corrected chi connectivity index (χ1v) is 6.57. The van der Waals surface area contributed by atoms with E-state index in [0.29, 0.717) is 10.0 Å². The van der Waals surface area contributed by atoms with E-state index in [-0.39, 0.29) is 23.3 Å². The lowest BCUT2D eigenvalue weighted by atomic mass is 10.1. The maximum Gasteiger partial charge on any atom is 0.273 e. The maximum absolute atomic E-state index is 10.8. The molecule has 100 valence electrons. The molecule has 0 saturated carbocycles. The van der Waals surface area contributed by atoms with E-state index in [0.717, 1.165) is 18.5 Å². The number of anilines is 1. The van der Waals surface area contributed by atoms with Crippen molar-refractivity contribution in [1.29, 1.82) is 0 Å². The van der Waals surface area contributed by atoms with Gasteiger partial charge in [0.1, 0.15) is 0 Å². The summed E-state index contributed by atoms with van der Waals surface area (Å²) in [7, 11) is 0. The monoisotopic (exact) mass is 316 g/mol. The number of rotatable bonds is 6. The van der Waals surface area contributed by atoms with E-state index < -0.39 is 0 Å². The van der Waals surface area contributed by atoms with E-state index in [4.69, 9.17) is 5.11 Å². The Morgan fingerprint density at radius 1 is 1.56 bits per heavy atom. The number of nitrogens with one attached hydrogen (secondary N) is 1. The Morgan fingerprint density at radius 3 is 2.78 bits per heavy atom. The number of aliphatic hydroxyl groups excluding tert-OH is 1. The fourth-order valence-corrected chi connectivity index (χ4v) is 2.16. The third-order valence-corrected chi connectivity index (χ3v) is 3.34. The van der Waals surface area contributed by atoms with Crippen LogP contribution in [0.25, 0.3) is 0 Å². The minimum atomic E-state index is -0.390. The number of aliphatic hydroxyl groups is 1. The fraction of sp³-hybridized carbons (Fsp3) is 0.500. The van der Waals surface area contributed by atoms with E-state index in [1.165, 1.54) is 6.07 Å². The first-order valence-electron chi connectivity index (χ1n) is 5.77. The minimum absolute atomic E-state index is 0.107. The van der Waals surface area contributed by atoms with E-state index >= 15 is 0 Å². The van der Waals surface area contributed by atoms with Crippen LogP contribution in [0.15, 0.2) is 16.6 Å². The summed E-state index contributed by atoms with van der Waals surface area (Å²) in [6, 6.07) is 3.47. The highest BCUT2D eigenvalue weighted by atomic mass is 79.9. The molecular weight excluding hydrogens is 300 g/mol. The van der Waals surface area contributed by atoms with E-state index in [1.54, 1.807) is 13.0 Å². The molecule has 0 aliphatic carbocycles. The maximum atomic E-state index is 10.8. The standard InChI is InChI=1S/C12H17BrN2O3/c1-8-6-11(14-9(2)4-3-5-16)10(13)7-12(8)15(17)18/h6-7,9,14,16H,3-5H2,1-2H3. The highest BCUT2D eigenvalue weighted by Gasteiger charge is 2.14. The summed E-state index contributed by atoms with van der Waals surface area (Å²) in [6.07, 6.45) is 1.58. The third-order valence-electron chi connectivity index (χ3n) is 2.68. The van der Waals surface area contributed by atoms with Crippen molar-refractivity contribution < 1.29 is 10.0 Å². The van der Waals surface area contributed by atoms with Crippen LogP contribution in [0.3, 0.4) is 0 Å². The van der Waals surface area contributed by atoms with Crippen molar-refractivity contribution in [3.63, 3.8) is 0 Å². The van der Waals surface area contributed by atoms with Crippen LogP contribution in [0.4, 0.5) is 11.4 Å². The molecule has 2 N–H and O–H groups in total. The number of nitrogens with zero attached hydrogens (tertiary/aromatic N) is 1. The lowest BCUT2D eigenvalue weighted by Crippen LogP contribution is -2.16. The van der Waals surface area contributed by atoms with E-state index in [1.807, 2.05) is 6.92 Å². The second-order valence-corrected chi connectivity index (χ2v) is 5.14. The predicted octanol–water partition coefficient (Wildman–Crippen LogP) is 3.24. The van der Waals surface area contributed by atoms with Gasteiger partial charge in [-0.05, 0) is 48.7 Å². The molecule has 0 heterocycles. The van der Waals surface area contributed by atoms with Crippen LogP contribution in [0.5, 0.6) is 0 Å². The first-order chi connectivity index (χ1) is 8.45. The van der Waals surface area contributed by atoms with E-state index in [2.05, 4.69) is 21.2 Å². The molecule has 1 rings (SSSR count). The van der Waals surface area contributed by atoms with Crippen LogP contribution in [0.2, 0.25) is 0 Å². The van der Waals surface area contributed by atoms with Gasteiger partial charge in [-0.2, -0.15) is 0 Å². The molecule has 18 heavy (non-hydrogen) atoms. The molecule has 0 fully saturated rings. The summed E-state index contributed by atoms with van der Waals surface area (Å²) in [5, 5.41) is 22.8. The quantitative estimate of drug-likeness (QED) is 0.624. The minimum Gasteiger partial charge on any atom is -0.396 e. The first kappa shape index (κ1) is 14.9. The topological polar surface area (TPSA) is 75.4 Å². The lowest BCUT2D eigenvalue weighted by Gasteiger charge is -2.16. The zero-order chi connectivity index (χ0) is 13.7. The van der Waals surface area contributed by atoms with Crippen LogP contribution in [-0.2, 0) is 0 Å². The lowest BCUT2D eigenvalue weighted by molar-refractivity contribution is -0.385. The predicted molar refractivity (Wildman–Crippen MR) is 74.9 cm³/mol. The molecule has 0 radical (unpaired) electrons. The molecule has 0 aliphatic rings. The molecule has 0 spiro atoms. The molecule has 1 aromatic carbocycles. The summed E-state index contributed by atoms with van der Waals surface area (Å²) in [5.74, 6) is 0. The second-order valence-electron chi connectivity index (χ2n) is 4.29. The van der Waals surface area contributed by atoms with Gasteiger partial charge in [-0.1, -0.05) is 0 Å². The number of benzene rings is 1. The molecule has 1 unspecified atom stereocenters. The van der Waals surface area contributed by atoms with Gasteiger partial charge in [0.15, 0.2) is 0 Å². The third kappa shape index (κ3) is 3.96. The highest BCUT2D eigenvalue weighted by molar-refractivity contribution is 9.10. The van der Waals surface area contributed by atoms with Gasteiger partial charge in [-0.3, -0.25) is 10.1 Å². The van der Waals surface area contributed by atoms with E-state index in [9.17, 15) is 10.1 Å². The Bertz CT molecular complexity index is 438. The van der Waals surface area contributed by atoms with Crippen LogP contribution >= 0.6 is 15.9 Å². The van der Waals surface area contributed by atoms with Gasteiger partial charge in [-0.25, -0.2) is 0 Å². The fourth-order valence-electron chi connectivity index (χ4n) is 1.71. The summed E-state index contributed by atoms with van der Waals surface area (Å²) in [6.45, 7) is 3.90. The Labute approximate surface area is 114 Å².